The predicted molar refractivity (Wildman–Crippen MR) is 164 cm³/mol. The van der Waals surface area contributed by atoms with Gasteiger partial charge in [0.1, 0.15) is 23.7 Å². The summed E-state index contributed by atoms with van der Waals surface area (Å²) in [6.45, 7) is 5.69. The highest BCUT2D eigenvalue weighted by Crippen LogP contribution is 2.56. The monoisotopic (exact) mass is 623 g/mol. The molecule has 0 aliphatic carbocycles. The summed E-state index contributed by atoms with van der Waals surface area (Å²) in [7, 11) is 1.51. The van der Waals surface area contributed by atoms with E-state index >= 15 is 0 Å². The van der Waals surface area contributed by atoms with Crippen LogP contribution in [0, 0.1) is 11.8 Å². The van der Waals surface area contributed by atoms with Gasteiger partial charge in [-0.15, -0.1) is 0 Å². The maximum Gasteiger partial charge on any atom is 0.313 e. The number of likely N-dealkylation sites (tertiary alicyclic amines) is 1. The third-order valence-electron chi connectivity index (χ3n) is 9.51. The summed E-state index contributed by atoms with van der Waals surface area (Å²) in [5, 5.41) is 13.2. The Hall–Kier alpha value is -3.54. The number of esters is 1. The molecule has 45 heavy (non-hydrogen) atoms. The van der Waals surface area contributed by atoms with Crippen LogP contribution in [0.2, 0.25) is 0 Å². The quantitative estimate of drug-likeness (QED) is 0.333. The highest BCUT2D eigenvalue weighted by Gasteiger charge is 2.74. The minimum atomic E-state index is -1.39. The Morgan fingerprint density at radius 3 is 2.53 bits per heavy atom. The summed E-state index contributed by atoms with van der Waals surface area (Å²) >= 11 is 0. The highest BCUT2D eigenvalue weighted by atomic mass is 16.6. The molecule has 0 aromatic heterocycles. The van der Waals surface area contributed by atoms with Crippen molar-refractivity contribution in [1.82, 2.24) is 15.1 Å². The van der Waals surface area contributed by atoms with Crippen LogP contribution in [0.5, 0.6) is 0 Å². The summed E-state index contributed by atoms with van der Waals surface area (Å²) in [6.07, 6.45) is 7.76. The molecule has 0 saturated carbocycles. The fourth-order valence-corrected chi connectivity index (χ4v) is 7.35. The molecule has 1 unspecified atom stereocenters. The Bertz CT molecular complexity index is 1320. The second-order valence-corrected chi connectivity index (χ2v) is 12.5. The number of hydrogen-bond donors (Lipinski definition) is 2. The van der Waals surface area contributed by atoms with Crippen molar-refractivity contribution < 1.29 is 38.5 Å². The van der Waals surface area contributed by atoms with E-state index in [1.165, 1.54) is 12.0 Å². The minimum Gasteiger partial charge on any atom is -0.455 e. The van der Waals surface area contributed by atoms with Gasteiger partial charge >= 0.3 is 5.97 Å². The third kappa shape index (κ3) is 6.05. The lowest BCUT2D eigenvalue weighted by Crippen LogP contribution is -2.59. The summed E-state index contributed by atoms with van der Waals surface area (Å²) in [5.74, 6) is -3.69. The lowest BCUT2D eigenvalue weighted by Gasteiger charge is -2.39. The van der Waals surface area contributed by atoms with Gasteiger partial charge in [-0.25, -0.2) is 0 Å². The number of fused-ring (bicyclic) bond motifs is 2. The van der Waals surface area contributed by atoms with Gasteiger partial charge in [-0.3, -0.25) is 19.2 Å². The Kier molecular flexibility index (Phi) is 10.1. The number of benzene rings is 1. The van der Waals surface area contributed by atoms with Gasteiger partial charge in [0.2, 0.25) is 17.7 Å². The zero-order valence-corrected chi connectivity index (χ0v) is 26.5. The topological polar surface area (TPSA) is 135 Å². The third-order valence-corrected chi connectivity index (χ3v) is 9.51. The van der Waals surface area contributed by atoms with Crippen LogP contribution in [0.15, 0.2) is 54.6 Å². The standard InChI is InChI=1S/C34H45N3O8/c1-5-12-21(2)36-18-11-7-10-15-26(39)35-24(20-43-4)29(23-13-8-6-9-14-23)44-33(42)27-25-16-17-34(45-25)28(27)31(40)37(22(3)19-38)30(34)32(36)41/h6-9,11,13-14,16-17,21-22,24-25,27-30,38H,5,10,12,15,18-20H2,1-4H3,(H,35,39)/b11-7-/t21?,22-,24+,25-,27+,28+,29+,30-,34+/m1/s1. The number of hydrogen-bond acceptors (Lipinski definition) is 8. The van der Waals surface area contributed by atoms with Gasteiger partial charge in [-0.05, 0) is 32.3 Å². The smallest absolute Gasteiger partial charge is 0.313 e. The molecule has 2 fully saturated rings. The number of amides is 3. The van der Waals surface area contributed by atoms with Crippen molar-refractivity contribution in [2.75, 3.05) is 26.9 Å². The molecule has 244 valence electrons. The lowest BCUT2D eigenvalue weighted by atomic mass is 9.74. The largest absolute Gasteiger partial charge is 0.455 e. The number of methoxy groups -OCH3 is 1. The summed E-state index contributed by atoms with van der Waals surface area (Å²) in [4.78, 5) is 59.4. The molecule has 11 nitrogen and oxygen atoms in total. The molecule has 2 saturated heterocycles. The average Bonchev–Trinajstić information content (AvgIpc) is 3.68. The molecular formula is C34H45N3O8. The van der Waals surface area contributed by atoms with E-state index in [2.05, 4.69) is 5.32 Å². The maximum atomic E-state index is 14.6. The summed E-state index contributed by atoms with van der Waals surface area (Å²) in [5.41, 5.74) is -0.738. The fraction of sp³-hybridized carbons (Fsp3) is 0.588. The summed E-state index contributed by atoms with van der Waals surface area (Å²) < 4.78 is 18.2. The van der Waals surface area contributed by atoms with Crippen LogP contribution < -0.4 is 5.32 Å². The zero-order chi connectivity index (χ0) is 32.3. The van der Waals surface area contributed by atoms with Crippen LogP contribution in [0.1, 0.15) is 58.1 Å². The second-order valence-electron chi connectivity index (χ2n) is 12.5. The van der Waals surface area contributed by atoms with Crippen LogP contribution in [0.4, 0.5) is 0 Å². The van der Waals surface area contributed by atoms with Gasteiger partial charge in [0.05, 0.1) is 37.3 Å². The Morgan fingerprint density at radius 2 is 1.84 bits per heavy atom. The predicted octanol–water partition coefficient (Wildman–Crippen LogP) is 2.30. The SMILES string of the molecule is CCCC(C)N1C/C=C\CCC(=O)N[C@@H](COC)[C@H](c2ccccc2)OC(=O)[C@@H]2[C@H]3C(=O)N([C@H](C)CO)[C@H](C1=O)[C@]31C=C[C@H]2O1. The molecule has 4 heterocycles. The Morgan fingerprint density at radius 1 is 1.09 bits per heavy atom. The van der Waals surface area contributed by atoms with Crippen molar-refractivity contribution in [2.24, 2.45) is 11.8 Å². The van der Waals surface area contributed by atoms with Gasteiger partial charge in [0.15, 0.2) is 0 Å². The molecule has 3 amide bonds. The lowest BCUT2D eigenvalue weighted by molar-refractivity contribution is -0.163. The van der Waals surface area contributed by atoms with Crippen molar-refractivity contribution in [3.63, 3.8) is 0 Å². The van der Waals surface area contributed by atoms with E-state index in [1.54, 1.807) is 24.0 Å². The first-order valence-electron chi connectivity index (χ1n) is 16.0. The molecule has 5 rings (SSSR count). The number of nitrogens with zero attached hydrogens (tertiary/aromatic N) is 2. The van der Waals surface area contributed by atoms with Crippen molar-refractivity contribution in [2.45, 2.75) is 88.4 Å². The molecule has 4 aliphatic heterocycles. The summed E-state index contributed by atoms with van der Waals surface area (Å²) in [6, 6.07) is 6.46. The van der Waals surface area contributed by atoms with E-state index in [-0.39, 0.29) is 44.0 Å². The van der Waals surface area contributed by atoms with Crippen LogP contribution in [-0.2, 0) is 33.4 Å². The van der Waals surface area contributed by atoms with Crippen LogP contribution in [0.25, 0.3) is 0 Å². The number of carbonyl (C=O) groups is 4. The molecule has 1 spiro atoms. The van der Waals surface area contributed by atoms with Crippen molar-refractivity contribution in [1.29, 1.82) is 0 Å². The average molecular weight is 624 g/mol. The van der Waals surface area contributed by atoms with Gasteiger partial charge < -0.3 is 34.4 Å². The van der Waals surface area contributed by atoms with E-state index in [9.17, 15) is 24.3 Å². The molecule has 1 aromatic rings. The van der Waals surface area contributed by atoms with E-state index in [0.29, 0.717) is 12.0 Å². The first-order valence-corrected chi connectivity index (χ1v) is 16.0. The van der Waals surface area contributed by atoms with Crippen LogP contribution in [0.3, 0.4) is 0 Å². The van der Waals surface area contributed by atoms with E-state index in [1.807, 2.05) is 56.3 Å². The molecule has 1 aromatic carbocycles. The zero-order valence-electron chi connectivity index (χ0n) is 26.5. The van der Waals surface area contributed by atoms with Crippen LogP contribution >= 0.6 is 0 Å². The van der Waals surface area contributed by atoms with Gasteiger partial charge in [0.25, 0.3) is 0 Å². The van der Waals surface area contributed by atoms with E-state index < -0.39 is 59.6 Å². The number of nitrogens with one attached hydrogen (secondary N) is 1. The highest BCUT2D eigenvalue weighted by molar-refractivity contribution is 5.99. The van der Waals surface area contributed by atoms with Gasteiger partial charge in [-0.2, -0.15) is 0 Å². The molecule has 0 radical (unpaired) electrons. The van der Waals surface area contributed by atoms with Crippen LogP contribution in [-0.4, -0.2) is 101 Å². The molecular weight excluding hydrogens is 578 g/mol. The number of aliphatic hydroxyl groups excluding tert-OH is 1. The molecule has 11 heteroatoms. The molecule has 2 N–H and O–H groups in total. The Balaban J connectivity index is 1.61. The van der Waals surface area contributed by atoms with Crippen molar-refractivity contribution in [3.05, 3.63) is 60.2 Å². The van der Waals surface area contributed by atoms with E-state index in [4.69, 9.17) is 14.2 Å². The first-order chi connectivity index (χ1) is 21.7. The van der Waals surface area contributed by atoms with E-state index in [0.717, 1.165) is 12.8 Å². The fourth-order valence-electron chi connectivity index (χ4n) is 7.35. The number of ether oxygens (including phenoxy) is 3. The normalized spacial score (nSPS) is 34.0. The van der Waals surface area contributed by atoms with Crippen molar-refractivity contribution >= 4 is 23.7 Å². The van der Waals surface area contributed by atoms with Gasteiger partial charge in [-0.1, -0.05) is 68.0 Å². The minimum absolute atomic E-state index is 0.0772. The van der Waals surface area contributed by atoms with Gasteiger partial charge in [0, 0.05) is 26.1 Å². The Labute approximate surface area is 264 Å². The molecule has 9 atom stereocenters. The number of rotatable bonds is 8. The first kappa shape index (κ1) is 32.8. The number of cyclic esters (lactones) is 1. The molecule has 4 aliphatic rings. The number of aliphatic hydroxyl groups is 1. The molecule has 5 bridgehead atoms. The second kappa shape index (κ2) is 13.8. The van der Waals surface area contributed by atoms with Crippen molar-refractivity contribution in [3.8, 4) is 0 Å². The number of allylic oxidation sites excluding steroid dienone is 1. The maximum absolute atomic E-state index is 14.6. The number of carbonyl (C=O) groups excluding carboxylic acids is 4.